The first-order chi connectivity index (χ1) is 29.8. The third-order valence-corrected chi connectivity index (χ3v) is 12.3. The second kappa shape index (κ2) is 13.9. The highest BCUT2D eigenvalue weighted by molar-refractivity contribution is 7.01. The van der Waals surface area contributed by atoms with Crippen LogP contribution in [0.15, 0.2) is 224 Å². The third-order valence-electron chi connectivity index (χ3n) is 12.3. The topological polar surface area (TPSA) is 15.7 Å². The number of para-hydroxylation sites is 1. The van der Waals surface area contributed by atoms with Gasteiger partial charge in [-0.25, -0.2) is 0 Å². The van der Waals surface area contributed by atoms with Crippen LogP contribution < -0.4 is 30.9 Å². The van der Waals surface area contributed by atoms with Gasteiger partial charge in [0.25, 0.3) is 6.71 Å². The van der Waals surface area contributed by atoms with Crippen molar-refractivity contribution in [1.29, 1.82) is 0 Å². The summed E-state index contributed by atoms with van der Waals surface area (Å²) in [5, 5.41) is 5.00. The Bertz CT molecular complexity index is 3140. The second-order valence-electron chi connectivity index (χ2n) is 15.6. The van der Waals surface area contributed by atoms with E-state index in [0.29, 0.717) is 0 Å². The van der Waals surface area contributed by atoms with Gasteiger partial charge in [0.2, 0.25) is 0 Å². The van der Waals surface area contributed by atoms with Crippen molar-refractivity contribution in [3.05, 3.63) is 224 Å². The molecule has 2 aliphatic heterocycles. The average molecular weight is 765 g/mol. The maximum atomic E-state index is 7.09. The van der Waals surface area contributed by atoms with E-state index >= 15 is 0 Å². The minimum Gasteiger partial charge on any atom is -0.458 e. The van der Waals surface area contributed by atoms with Crippen molar-refractivity contribution >= 4 is 78.8 Å². The number of ether oxygens (including phenoxy) is 1. The molecule has 280 valence electrons. The van der Waals surface area contributed by atoms with E-state index in [1.165, 1.54) is 60.4 Å². The number of fused-ring (bicyclic) bond motifs is 9. The Hall–Kier alpha value is -7.82. The summed E-state index contributed by atoms with van der Waals surface area (Å²) >= 11 is 0. The predicted octanol–water partition coefficient (Wildman–Crippen LogP) is 13.2. The summed E-state index contributed by atoms with van der Waals surface area (Å²) in [6.45, 7) is -0.0535. The van der Waals surface area contributed by atoms with Gasteiger partial charge in [0.05, 0.1) is 0 Å². The molecule has 0 saturated carbocycles. The van der Waals surface area contributed by atoms with E-state index in [-0.39, 0.29) is 6.71 Å². The van der Waals surface area contributed by atoms with E-state index in [0.717, 1.165) is 45.4 Å². The second-order valence-corrected chi connectivity index (χ2v) is 15.6. The molecule has 0 saturated heterocycles. The zero-order valence-electron chi connectivity index (χ0n) is 32.7. The van der Waals surface area contributed by atoms with Crippen LogP contribution in [-0.4, -0.2) is 6.71 Å². The number of rotatable bonds is 6. The average Bonchev–Trinajstić information content (AvgIpc) is 3.33. The van der Waals surface area contributed by atoms with Crippen LogP contribution in [0.2, 0.25) is 0 Å². The van der Waals surface area contributed by atoms with E-state index in [4.69, 9.17) is 4.74 Å². The number of hydrogen-bond acceptors (Lipinski definition) is 3. The van der Waals surface area contributed by atoms with Gasteiger partial charge in [0, 0.05) is 45.6 Å². The highest BCUT2D eigenvalue weighted by Crippen LogP contribution is 2.46. The monoisotopic (exact) mass is 764 g/mol. The quantitative estimate of drug-likeness (QED) is 0.124. The van der Waals surface area contributed by atoms with Crippen molar-refractivity contribution in [2.75, 3.05) is 9.80 Å². The van der Waals surface area contributed by atoms with Gasteiger partial charge in [-0.2, -0.15) is 0 Å². The zero-order chi connectivity index (χ0) is 39.6. The molecule has 0 fully saturated rings. The van der Waals surface area contributed by atoms with Crippen molar-refractivity contribution in [2.24, 2.45) is 0 Å². The fraction of sp³-hybridized carbons (Fsp3) is 0. The molecule has 10 aromatic rings. The van der Waals surface area contributed by atoms with Crippen LogP contribution >= 0.6 is 0 Å². The molecule has 60 heavy (non-hydrogen) atoms. The molecule has 0 radical (unpaired) electrons. The first-order valence-electron chi connectivity index (χ1n) is 20.6. The maximum Gasteiger partial charge on any atom is 0.257 e. The van der Waals surface area contributed by atoms with Crippen molar-refractivity contribution in [3.8, 4) is 33.8 Å². The molecule has 2 aliphatic rings. The molecule has 10 aromatic carbocycles. The Kier molecular flexibility index (Phi) is 7.95. The molecule has 0 N–H and O–H groups in total. The summed E-state index contributed by atoms with van der Waals surface area (Å²) < 4.78 is 7.09. The molecular formula is C56H37BN2O. The lowest BCUT2D eigenvalue weighted by atomic mass is 9.33. The van der Waals surface area contributed by atoms with Crippen LogP contribution in [-0.2, 0) is 0 Å². The summed E-state index contributed by atoms with van der Waals surface area (Å²) in [5.74, 6) is 1.75. The van der Waals surface area contributed by atoms with E-state index in [1.807, 2.05) is 0 Å². The van der Waals surface area contributed by atoms with Crippen LogP contribution in [0.4, 0.5) is 34.1 Å². The molecule has 12 rings (SSSR count). The number of anilines is 6. The fourth-order valence-electron chi connectivity index (χ4n) is 9.63. The molecule has 0 aromatic heterocycles. The Labute approximate surface area is 350 Å². The molecule has 0 atom stereocenters. The van der Waals surface area contributed by atoms with E-state index in [2.05, 4.69) is 234 Å². The number of hydrogen-bond donors (Lipinski definition) is 0. The van der Waals surface area contributed by atoms with Crippen LogP contribution in [0.25, 0.3) is 43.8 Å². The van der Waals surface area contributed by atoms with Crippen molar-refractivity contribution in [3.63, 3.8) is 0 Å². The Balaban J connectivity index is 1.06. The Morgan fingerprint density at radius 2 is 0.867 bits per heavy atom. The lowest BCUT2D eigenvalue weighted by Crippen LogP contribution is -2.59. The summed E-state index contributed by atoms with van der Waals surface area (Å²) in [7, 11) is 0. The SMILES string of the molecule is c1ccc(-c2ccc(N(c3ccc(-c4ccccc4)cc3)c3ccc4c(c3)Oc3cccc5c3B4c3c(c4ccccc4c4ccccc34)N5c3ccccc3)cc2)cc1. The maximum absolute atomic E-state index is 7.09. The van der Waals surface area contributed by atoms with Crippen molar-refractivity contribution in [1.82, 2.24) is 0 Å². The van der Waals surface area contributed by atoms with Gasteiger partial charge in [-0.05, 0) is 109 Å². The summed E-state index contributed by atoms with van der Waals surface area (Å²) in [5.41, 5.74) is 15.1. The molecule has 4 heteroatoms. The van der Waals surface area contributed by atoms with Gasteiger partial charge in [0.15, 0.2) is 0 Å². The van der Waals surface area contributed by atoms with Gasteiger partial charge >= 0.3 is 0 Å². The third kappa shape index (κ3) is 5.45. The van der Waals surface area contributed by atoms with Crippen LogP contribution in [0, 0.1) is 0 Å². The van der Waals surface area contributed by atoms with Crippen LogP contribution in [0.1, 0.15) is 0 Å². The molecule has 0 bridgehead atoms. The lowest BCUT2D eigenvalue weighted by molar-refractivity contribution is 0.487. The number of benzene rings is 10. The van der Waals surface area contributed by atoms with Gasteiger partial charge in [-0.15, -0.1) is 0 Å². The highest BCUT2D eigenvalue weighted by atomic mass is 16.5. The lowest BCUT2D eigenvalue weighted by Gasteiger charge is -2.41. The van der Waals surface area contributed by atoms with Crippen LogP contribution in [0.3, 0.4) is 0 Å². The fourth-order valence-corrected chi connectivity index (χ4v) is 9.63. The predicted molar refractivity (Wildman–Crippen MR) is 253 cm³/mol. The normalized spacial score (nSPS) is 12.4. The van der Waals surface area contributed by atoms with Crippen molar-refractivity contribution in [2.45, 2.75) is 0 Å². The molecule has 0 amide bonds. The van der Waals surface area contributed by atoms with Gasteiger partial charge in [0.1, 0.15) is 11.5 Å². The largest absolute Gasteiger partial charge is 0.458 e. The Morgan fingerprint density at radius 1 is 0.367 bits per heavy atom. The van der Waals surface area contributed by atoms with Gasteiger partial charge in [-0.3, -0.25) is 0 Å². The summed E-state index contributed by atoms with van der Waals surface area (Å²) in [4.78, 5) is 4.80. The molecule has 0 unspecified atom stereocenters. The van der Waals surface area contributed by atoms with E-state index < -0.39 is 0 Å². The standard InChI is InChI=1S/C56H37BN2O/c1-4-15-38(16-5-1)40-27-31-43(32-28-40)58(44-33-29-41(30-34-44)39-17-6-2-7-18-39)45-35-36-50-53(37-45)60-52-26-14-25-51-55(52)57(50)54-48-23-12-10-21-46(48)47-22-11-13-24-49(47)56(54)59(51)42-19-8-3-9-20-42/h1-37H. The van der Waals surface area contributed by atoms with Gasteiger partial charge < -0.3 is 14.5 Å². The first-order valence-corrected chi connectivity index (χ1v) is 20.6. The minimum absolute atomic E-state index is 0.0535. The minimum atomic E-state index is -0.0535. The molecule has 3 nitrogen and oxygen atoms in total. The van der Waals surface area contributed by atoms with E-state index in [1.54, 1.807) is 0 Å². The first kappa shape index (κ1) is 34.2. The summed E-state index contributed by atoms with van der Waals surface area (Å²) in [6, 6.07) is 80.8. The Morgan fingerprint density at radius 3 is 1.48 bits per heavy atom. The zero-order valence-corrected chi connectivity index (χ0v) is 32.7. The smallest absolute Gasteiger partial charge is 0.257 e. The van der Waals surface area contributed by atoms with Crippen LogP contribution in [0.5, 0.6) is 11.5 Å². The molecular weight excluding hydrogens is 727 g/mol. The molecule has 0 aliphatic carbocycles. The number of nitrogens with zero attached hydrogens (tertiary/aromatic N) is 2. The molecule has 2 heterocycles. The molecule has 0 spiro atoms. The summed E-state index contributed by atoms with van der Waals surface area (Å²) in [6.07, 6.45) is 0. The van der Waals surface area contributed by atoms with E-state index in [9.17, 15) is 0 Å². The highest BCUT2D eigenvalue weighted by Gasteiger charge is 2.43. The van der Waals surface area contributed by atoms with Crippen molar-refractivity contribution < 1.29 is 4.74 Å². The van der Waals surface area contributed by atoms with Gasteiger partial charge in [-0.1, -0.05) is 164 Å².